The van der Waals surface area contributed by atoms with E-state index in [-0.39, 0.29) is 5.56 Å². The summed E-state index contributed by atoms with van der Waals surface area (Å²) in [5.41, 5.74) is 0.768. The quantitative estimate of drug-likeness (QED) is 0.904. The van der Waals surface area contributed by atoms with Gasteiger partial charge in [0.2, 0.25) is 6.10 Å². The number of carbonyl (C=O) groups excluding carboxylic acids is 3. The largest absolute Gasteiger partial charge is 0.431 e. The van der Waals surface area contributed by atoms with Gasteiger partial charge in [-0.1, -0.05) is 12.1 Å². The smallest absolute Gasteiger partial charge is 0.415 e. The van der Waals surface area contributed by atoms with Crippen molar-refractivity contribution in [2.24, 2.45) is 0 Å². The van der Waals surface area contributed by atoms with Crippen LogP contribution in [0.25, 0.3) is 0 Å². The summed E-state index contributed by atoms with van der Waals surface area (Å²) in [7, 11) is 0. The molecular formula is C16H10F2N2O4. The van der Waals surface area contributed by atoms with Crippen molar-refractivity contribution in [2.45, 2.75) is 6.10 Å². The average molecular weight is 332 g/mol. The Kier molecular flexibility index (Phi) is 3.95. The second-order valence-electron chi connectivity index (χ2n) is 4.98. The fraction of sp³-hybridized carbons (Fsp3) is 0.0625. The van der Waals surface area contributed by atoms with Gasteiger partial charge in [0.05, 0.1) is 0 Å². The Bertz CT molecular complexity index is 836. The summed E-state index contributed by atoms with van der Waals surface area (Å²) >= 11 is 0. The number of rotatable bonds is 3. The van der Waals surface area contributed by atoms with Crippen LogP contribution in [0.2, 0.25) is 0 Å². The Morgan fingerprint density at radius 3 is 2.33 bits per heavy atom. The van der Waals surface area contributed by atoms with Crippen LogP contribution >= 0.6 is 0 Å². The molecule has 0 spiro atoms. The number of cyclic esters (lactones) is 1. The molecule has 0 aliphatic carbocycles. The van der Waals surface area contributed by atoms with Crippen LogP contribution in [0.3, 0.4) is 0 Å². The molecule has 1 fully saturated rings. The van der Waals surface area contributed by atoms with Crippen LogP contribution < -0.4 is 10.6 Å². The summed E-state index contributed by atoms with van der Waals surface area (Å²) in [5.74, 6) is -3.35. The second kappa shape index (κ2) is 6.07. The van der Waals surface area contributed by atoms with Crippen molar-refractivity contribution in [1.29, 1.82) is 0 Å². The summed E-state index contributed by atoms with van der Waals surface area (Å²) in [6, 6.07) is 8.80. The third-order valence-electron chi connectivity index (χ3n) is 3.34. The van der Waals surface area contributed by atoms with E-state index in [0.717, 1.165) is 18.2 Å². The van der Waals surface area contributed by atoms with E-state index in [1.54, 1.807) is 0 Å². The topological polar surface area (TPSA) is 84.5 Å². The lowest BCUT2D eigenvalue weighted by Gasteiger charge is -2.09. The van der Waals surface area contributed by atoms with Crippen molar-refractivity contribution in [1.82, 2.24) is 5.32 Å². The van der Waals surface area contributed by atoms with E-state index in [4.69, 9.17) is 4.74 Å². The minimum Gasteiger partial charge on any atom is -0.431 e. The molecule has 24 heavy (non-hydrogen) atoms. The van der Waals surface area contributed by atoms with Crippen LogP contribution in [-0.4, -0.2) is 17.9 Å². The number of carbonyl (C=O) groups is 3. The minimum atomic E-state index is -1.12. The van der Waals surface area contributed by atoms with Gasteiger partial charge in [0.25, 0.3) is 11.8 Å². The molecule has 1 unspecified atom stereocenters. The number of anilines is 1. The molecule has 0 saturated carbocycles. The van der Waals surface area contributed by atoms with E-state index in [9.17, 15) is 23.2 Å². The van der Waals surface area contributed by atoms with Gasteiger partial charge in [-0.2, -0.15) is 0 Å². The number of nitrogens with one attached hydrogen (secondary N) is 2. The summed E-state index contributed by atoms with van der Waals surface area (Å²) in [6.07, 6.45) is -1.85. The van der Waals surface area contributed by atoms with Crippen LogP contribution in [0.5, 0.6) is 0 Å². The predicted molar refractivity (Wildman–Crippen MR) is 78.1 cm³/mol. The fourth-order valence-electron chi connectivity index (χ4n) is 2.16. The molecule has 2 aromatic carbocycles. The Balaban J connectivity index is 1.72. The fourth-order valence-corrected chi connectivity index (χ4v) is 2.16. The molecule has 0 radical (unpaired) electrons. The zero-order valence-electron chi connectivity index (χ0n) is 12.0. The van der Waals surface area contributed by atoms with Gasteiger partial charge in [-0.25, -0.2) is 13.6 Å². The summed E-state index contributed by atoms with van der Waals surface area (Å²) in [4.78, 5) is 34.5. The SMILES string of the molecule is O=C1NC(=O)C(c2ccc(NC(=O)c3ccc(F)c(F)c3)cc2)O1. The normalized spacial score (nSPS) is 16.5. The predicted octanol–water partition coefficient (Wildman–Crippen LogP) is 2.52. The average Bonchev–Trinajstić information content (AvgIpc) is 2.89. The lowest BCUT2D eigenvalue weighted by molar-refractivity contribution is -0.123. The molecule has 3 rings (SSSR count). The lowest BCUT2D eigenvalue weighted by atomic mass is 10.1. The highest BCUT2D eigenvalue weighted by Crippen LogP contribution is 2.23. The summed E-state index contributed by atoms with van der Waals surface area (Å²) in [6.45, 7) is 0. The molecule has 3 amide bonds. The Morgan fingerprint density at radius 1 is 1.04 bits per heavy atom. The standard InChI is InChI=1S/C16H10F2N2O4/c17-11-6-3-9(7-12(11)18)14(21)19-10-4-1-8(2-5-10)13-15(22)20-16(23)24-13/h1-7,13H,(H,19,21)(H,20,22,23). The molecule has 1 saturated heterocycles. The number of imide groups is 1. The van der Waals surface area contributed by atoms with Crippen LogP contribution in [-0.2, 0) is 9.53 Å². The third-order valence-corrected chi connectivity index (χ3v) is 3.34. The maximum absolute atomic E-state index is 13.1. The Hall–Kier alpha value is -3.29. The van der Waals surface area contributed by atoms with Gasteiger partial charge in [-0.15, -0.1) is 0 Å². The van der Waals surface area contributed by atoms with Crippen LogP contribution in [0.15, 0.2) is 42.5 Å². The van der Waals surface area contributed by atoms with Gasteiger partial charge in [-0.3, -0.25) is 14.9 Å². The minimum absolute atomic E-state index is 0.0397. The van der Waals surface area contributed by atoms with Crippen molar-refractivity contribution < 1.29 is 27.9 Å². The molecule has 0 aromatic heterocycles. The summed E-state index contributed by atoms with van der Waals surface area (Å²) < 4.78 is 30.8. The van der Waals surface area contributed by atoms with E-state index in [1.807, 2.05) is 5.32 Å². The van der Waals surface area contributed by atoms with E-state index in [2.05, 4.69) is 5.32 Å². The first-order valence-corrected chi connectivity index (χ1v) is 6.82. The molecule has 1 aliphatic heterocycles. The molecular weight excluding hydrogens is 322 g/mol. The molecule has 1 heterocycles. The van der Waals surface area contributed by atoms with Crippen LogP contribution in [0.1, 0.15) is 22.0 Å². The first-order valence-electron chi connectivity index (χ1n) is 6.82. The number of hydrogen-bond acceptors (Lipinski definition) is 4. The number of alkyl carbamates (subject to hydrolysis) is 1. The van der Waals surface area contributed by atoms with Crippen molar-refractivity contribution in [3.63, 3.8) is 0 Å². The van der Waals surface area contributed by atoms with Gasteiger partial charge < -0.3 is 10.1 Å². The van der Waals surface area contributed by atoms with Gasteiger partial charge >= 0.3 is 6.09 Å². The molecule has 1 atom stereocenters. The number of amides is 3. The number of hydrogen-bond donors (Lipinski definition) is 2. The van der Waals surface area contributed by atoms with Crippen molar-refractivity contribution >= 4 is 23.6 Å². The van der Waals surface area contributed by atoms with Crippen molar-refractivity contribution in [3.05, 3.63) is 65.2 Å². The highest BCUT2D eigenvalue weighted by Gasteiger charge is 2.33. The molecule has 2 N–H and O–H groups in total. The third kappa shape index (κ3) is 3.07. The van der Waals surface area contributed by atoms with E-state index in [0.29, 0.717) is 11.3 Å². The Morgan fingerprint density at radius 2 is 1.75 bits per heavy atom. The van der Waals surface area contributed by atoms with E-state index in [1.165, 1.54) is 24.3 Å². The van der Waals surface area contributed by atoms with Gasteiger partial charge in [0.15, 0.2) is 11.6 Å². The van der Waals surface area contributed by atoms with E-state index >= 15 is 0 Å². The highest BCUT2D eigenvalue weighted by atomic mass is 19.2. The Labute approximate surface area is 134 Å². The molecule has 2 aromatic rings. The van der Waals surface area contributed by atoms with Crippen LogP contribution in [0.4, 0.5) is 19.3 Å². The van der Waals surface area contributed by atoms with Crippen molar-refractivity contribution in [2.75, 3.05) is 5.32 Å². The maximum atomic E-state index is 13.1. The van der Waals surface area contributed by atoms with Gasteiger partial charge in [-0.05, 0) is 30.3 Å². The zero-order chi connectivity index (χ0) is 17.3. The van der Waals surface area contributed by atoms with Crippen molar-refractivity contribution in [3.8, 4) is 0 Å². The van der Waals surface area contributed by atoms with Gasteiger partial charge in [0, 0.05) is 16.8 Å². The van der Waals surface area contributed by atoms with Crippen LogP contribution in [0, 0.1) is 11.6 Å². The molecule has 8 heteroatoms. The zero-order valence-corrected chi connectivity index (χ0v) is 12.0. The number of benzene rings is 2. The summed E-state index contributed by atoms with van der Waals surface area (Å²) in [5, 5.41) is 4.51. The molecule has 0 bridgehead atoms. The maximum Gasteiger partial charge on any atom is 0.415 e. The number of halogens is 2. The monoisotopic (exact) mass is 332 g/mol. The molecule has 6 nitrogen and oxygen atoms in total. The molecule has 1 aliphatic rings. The first kappa shape index (κ1) is 15.6. The van der Waals surface area contributed by atoms with Gasteiger partial charge in [0.1, 0.15) is 0 Å². The molecule has 122 valence electrons. The number of ether oxygens (including phenoxy) is 1. The van der Waals surface area contributed by atoms with E-state index < -0.39 is 35.6 Å². The first-order chi connectivity index (χ1) is 11.4. The lowest BCUT2D eigenvalue weighted by Crippen LogP contribution is -2.20. The second-order valence-corrected chi connectivity index (χ2v) is 4.98. The highest BCUT2D eigenvalue weighted by molar-refractivity contribution is 6.04.